The summed E-state index contributed by atoms with van der Waals surface area (Å²) in [7, 11) is 0. The van der Waals surface area contributed by atoms with Gasteiger partial charge in [-0.15, -0.1) is 9.94 Å². The van der Waals surface area contributed by atoms with Gasteiger partial charge in [-0.05, 0) is 24.1 Å². The molecule has 0 aliphatic rings. The van der Waals surface area contributed by atoms with Crippen molar-refractivity contribution in [2.45, 2.75) is 13.5 Å². The topological polar surface area (TPSA) is 39.4 Å². The van der Waals surface area contributed by atoms with E-state index >= 15 is 0 Å². The number of aliphatic imine (C=N–C) groups is 1. The molecule has 0 radical (unpaired) electrons. The Morgan fingerprint density at radius 2 is 1.68 bits per heavy atom. The molecule has 1 aromatic heterocycles. The van der Waals surface area contributed by atoms with E-state index in [0.29, 0.717) is 6.61 Å². The Balaban J connectivity index is 1.52. The van der Waals surface area contributed by atoms with Crippen LogP contribution in [-0.2, 0) is 6.61 Å². The van der Waals surface area contributed by atoms with Crippen molar-refractivity contribution in [2.24, 2.45) is 4.99 Å². The molecule has 28 heavy (non-hydrogen) atoms. The Morgan fingerprint density at radius 3 is 2.50 bits per heavy atom. The summed E-state index contributed by atoms with van der Waals surface area (Å²) in [5.74, 6) is 0. The van der Waals surface area contributed by atoms with E-state index < -0.39 is 0 Å². The molecule has 4 rings (SSSR count). The maximum atomic E-state index is 5.74. The van der Waals surface area contributed by atoms with Crippen LogP contribution in [0.2, 0.25) is 0 Å². The van der Waals surface area contributed by atoms with E-state index in [1.807, 2.05) is 67.0 Å². The quantitative estimate of drug-likeness (QED) is 0.437. The monoisotopic (exact) mass is 367 g/mol. The molecule has 0 saturated heterocycles. The average Bonchev–Trinajstić information content (AvgIpc) is 3.22. The number of benzene rings is 3. The highest BCUT2D eigenvalue weighted by molar-refractivity contribution is 5.85. The van der Waals surface area contributed by atoms with Gasteiger partial charge in [0.15, 0.2) is 0 Å². The fourth-order valence-electron chi connectivity index (χ4n) is 2.86. The third kappa shape index (κ3) is 4.35. The molecule has 0 N–H and O–H groups in total. The highest BCUT2D eigenvalue weighted by Crippen LogP contribution is 2.29. The average molecular weight is 367 g/mol. The Morgan fingerprint density at radius 1 is 0.929 bits per heavy atom. The first-order valence-corrected chi connectivity index (χ1v) is 9.20. The number of aryl methyl sites for hydroxylation is 1. The molecule has 0 aliphatic carbocycles. The Bertz CT molecular complexity index is 1070. The van der Waals surface area contributed by atoms with E-state index in [-0.39, 0.29) is 0 Å². The third-order valence-corrected chi connectivity index (χ3v) is 4.41. The van der Waals surface area contributed by atoms with Crippen LogP contribution < -0.4 is 4.84 Å². The number of rotatable bonds is 6. The smallest absolute Gasteiger partial charge is 0.142 e. The first kappa shape index (κ1) is 17.7. The van der Waals surface area contributed by atoms with Gasteiger partial charge in [-0.1, -0.05) is 78.4 Å². The number of para-hydroxylation sites is 1. The molecule has 1 heterocycles. The maximum Gasteiger partial charge on any atom is 0.142 e. The van der Waals surface area contributed by atoms with Crippen LogP contribution in [0.25, 0.3) is 11.1 Å². The SMILES string of the molecule is Cc1ccc(C=Nc2ccccc2-c2cnn(OCc3ccccc3)c2)cc1. The number of nitrogens with zero attached hydrogens (tertiary/aromatic N) is 3. The van der Waals surface area contributed by atoms with E-state index in [2.05, 4.69) is 41.3 Å². The second-order valence-corrected chi connectivity index (χ2v) is 6.58. The van der Waals surface area contributed by atoms with Gasteiger partial charge in [0.05, 0.1) is 18.1 Å². The van der Waals surface area contributed by atoms with Crippen molar-refractivity contribution in [3.8, 4) is 11.1 Å². The minimum Gasteiger partial charge on any atom is -0.392 e. The lowest BCUT2D eigenvalue weighted by atomic mass is 10.1. The molecular formula is C24H21N3O. The van der Waals surface area contributed by atoms with Gasteiger partial charge in [0, 0.05) is 17.3 Å². The Labute approximate surface area is 164 Å². The van der Waals surface area contributed by atoms with Crippen molar-refractivity contribution in [3.63, 3.8) is 0 Å². The molecule has 0 saturated carbocycles. The highest BCUT2D eigenvalue weighted by atomic mass is 16.7. The summed E-state index contributed by atoms with van der Waals surface area (Å²) in [6, 6.07) is 26.4. The molecule has 138 valence electrons. The van der Waals surface area contributed by atoms with Gasteiger partial charge in [0.25, 0.3) is 0 Å². The van der Waals surface area contributed by atoms with Crippen LogP contribution >= 0.6 is 0 Å². The van der Waals surface area contributed by atoms with Crippen LogP contribution in [0.5, 0.6) is 0 Å². The number of hydrogen-bond donors (Lipinski definition) is 0. The summed E-state index contributed by atoms with van der Waals surface area (Å²) < 4.78 is 0. The van der Waals surface area contributed by atoms with Crippen LogP contribution in [-0.4, -0.2) is 16.2 Å². The van der Waals surface area contributed by atoms with Crippen LogP contribution in [0.4, 0.5) is 5.69 Å². The Kier molecular flexibility index (Phi) is 5.29. The second kappa shape index (κ2) is 8.35. The maximum absolute atomic E-state index is 5.74. The van der Waals surface area contributed by atoms with Gasteiger partial charge < -0.3 is 4.84 Å². The normalized spacial score (nSPS) is 11.0. The van der Waals surface area contributed by atoms with Gasteiger partial charge in [-0.2, -0.15) is 0 Å². The molecule has 0 atom stereocenters. The largest absolute Gasteiger partial charge is 0.392 e. The molecule has 4 nitrogen and oxygen atoms in total. The number of aromatic nitrogens is 2. The van der Waals surface area contributed by atoms with Crippen molar-refractivity contribution in [1.82, 2.24) is 9.94 Å². The lowest BCUT2D eigenvalue weighted by molar-refractivity contribution is 0.0701. The molecule has 4 aromatic rings. The van der Waals surface area contributed by atoms with Crippen LogP contribution in [0.15, 0.2) is 96.2 Å². The van der Waals surface area contributed by atoms with Crippen LogP contribution in [0.3, 0.4) is 0 Å². The summed E-state index contributed by atoms with van der Waals surface area (Å²) in [4.78, 5) is 11.9. The van der Waals surface area contributed by atoms with Gasteiger partial charge in [0.2, 0.25) is 0 Å². The molecule has 0 unspecified atom stereocenters. The van der Waals surface area contributed by atoms with Gasteiger partial charge in [-0.25, -0.2) is 0 Å². The zero-order valence-corrected chi connectivity index (χ0v) is 15.7. The van der Waals surface area contributed by atoms with E-state index in [1.165, 1.54) is 10.4 Å². The molecule has 0 bridgehead atoms. The first-order chi connectivity index (χ1) is 13.8. The van der Waals surface area contributed by atoms with Gasteiger partial charge in [0.1, 0.15) is 6.61 Å². The predicted molar refractivity (Wildman–Crippen MR) is 113 cm³/mol. The van der Waals surface area contributed by atoms with E-state index in [1.54, 1.807) is 6.20 Å². The van der Waals surface area contributed by atoms with Gasteiger partial charge in [-0.3, -0.25) is 4.99 Å². The molecule has 0 aliphatic heterocycles. The van der Waals surface area contributed by atoms with E-state index in [4.69, 9.17) is 4.84 Å². The lowest BCUT2D eigenvalue weighted by Crippen LogP contribution is -2.11. The minimum atomic E-state index is 0.467. The summed E-state index contributed by atoms with van der Waals surface area (Å²) in [5.41, 5.74) is 6.28. The standard InChI is InChI=1S/C24H21N3O/c1-19-11-13-20(14-12-19)15-25-24-10-6-5-9-23(24)22-16-26-27(17-22)28-18-21-7-3-2-4-8-21/h2-17H,18H2,1H3. The Hall–Kier alpha value is -3.66. The molecule has 3 aromatic carbocycles. The van der Waals surface area contributed by atoms with Crippen LogP contribution in [0.1, 0.15) is 16.7 Å². The zero-order valence-electron chi connectivity index (χ0n) is 15.7. The van der Waals surface area contributed by atoms with E-state index in [9.17, 15) is 0 Å². The van der Waals surface area contributed by atoms with Crippen molar-refractivity contribution in [3.05, 3.63) is 108 Å². The fraction of sp³-hybridized carbons (Fsp3) is 0.0833. The summed E-state index contributed by atoms with van der Waals surface area (Å²) in [6.45, 7) is 2.54. The van der Waals surface area contributed by atoms with Gasteiger partial charge >= 0.3 is 0 Å². The number of hydrogen-bond acceptors (Lipinski definition) is 3. The van der Waals surface area contributed by atoms with E-state index in [0.717, 1.165) is 27.9 Å². The van der Waals surface area contributed by atoms with Crippen molar-refractivity contribution >= 4 is 11.9 Å². The summed E-state index contributed by atoms with van der Waals surface area (Å²) >= 11 is 0. The third-order valence-electron chi connectivity index (χ3n) is 4.41. The second-order valence-electron chi connectivity index (χ2n) is 6.58. The minimum absolute atomic E-state index is 0.467. The molecule has 4 heteroatoms. The molecule has 0 fully saturated rings. The summed E-state index contributed by atoms with van der Waals surface area (Å²) in [5, 5.41) is 4.32. The zero-order chi connectivity index (χ0) is 19.2. The fourth-order valence-corrected chi connectivity index (χ4v) is 2.86. The molecule has 0 amide bonds. The molecule has 0 spiro atoms. The highest BCUT2D eigenvalue weighted by Gasteiger charge is 2.07. The van der Waals surface area contributed by atoms with Crippen molar-refractivity contribution in [1.29, 1.82) is 0 Å². The molecular weight excluding hydrogens is 346 g/mol. The van der Waals surface area contributed by atoms with Crippen LogP contribution in [0, 0.1) is 6.92 Å². The lowest BCUT2D eigenvalue weighted by Gasteiger charge is -2.05. The summed E-state index contributed by atoms with van der Waals surface area (Å²) in [6.07, 6.45) is 5.56. The predicted octanol–water partition coefficient (Wildman–Crippen LogP) is 5.24. The first-order valence-electron chi connectivity index (χ1n) is 9.20. The van der Waals surface area contributed by atoms with Crippen molar-refractivity contribution in [2.75, 3.05) is 0 Å². The van der Waals surface area contributed by atoms with Crippen molar-refractivity contribution < 1.29 is 4.84 Å².